The minimum absolute atomic E-state index is 0.254. The predicted octanol–water partition coefficient (Wildman–Crippen LogP) is 0.888. The number of hydrogen-bond donors (Lipinski definition) is 2. The van der Waals surface area contributed by atoms with Crippen LogP contribution < -0.4 is 11.5 Å². The van der Waals surface area contributed by atoms with Crippen LogP contribution in [0.2, 0.25) is 0 Å². The van der Waals surface area contributed by atoms with Crippen molar-refractivity contribution in [3.8, 4) is 0 Å². The van der Waals surface area contributed by atoms with Gasteiger partial charge in [0.05, 0.1) is 5.16 Å². The van der Waals surface area contributed by atoms with Crippen LogP contribution in [0.1, 0.15) is 6.92 Å². The Kier molecular flexibility index (Phi) is 3.12. The summed E-state index contributed by atoms with van der Waals surface area (Å²) in [7, 11) is 0. The van der Waals surface area contributed by atoms with Crippen molar-refractivity contribution in [3.05, 3.63) is 23.0 Å². The van der Waals surface area contributed by atoms with Gasteiger partial charge in [-0.15, -0.1) is 0 Å². The van der Waals surface area contributed by atoms with Gasteiger partial charge in [-0.3, -0.25) is 0 Å². The van der Waals surface area contributed by atoms with Crippen molar-refractivity contribution in [2.75, 3.05) is 0 Å². The van der Waals surface area contributed by atoms with Crippen molar-refractivity contribution in [3.63, 3.8) is 0 Å². The van der Waals surface area contributed by atoms with E-state index in [2.05, 4.69) is 0 Å². The monoisotopic (exact) mass is 132 g/mol. The van der Waals surface area contributed by atoms with E-state index in [-0.39, 0.29) is 5.16 Å². The summed E-state index contributed by atoms with van der Waals surface area (Å²) in [6, 6.07) is 0. The van der Waals surface area contributed by atoms with E-state index in [0.29, 0.717) is 0 Å². The fraction of sp³-hybridized carbons (Fsp3) is 0.200. The van der Waals surface area contributed by atoms with E-state index >= 15 is 0 Å². The second-order valence-electron chi connectivity index (χ2n) is 1.44. The van der Waals surface area contributed by atoms with Gasteiger partial charge < -0.3 is 11.5 Å². The summed E-state index contributed by atoms with van der Waals surface area (Å²) >= 11 is 5.29. The maximum absolute atomic E-state index is 5.29. The zero-order valence-corrected chi connectivity index (χ0v) is 5.44. The molecule has 3 heteroatoms. The smallest absolute Gasteiger partial charge is 0.0995 e. The molecule has 0 aliphatic rings. The average Bonchev–Trinajstić information content (AvgIpc) is 1.65. The quantitative estimate of drug-likeness (QED) is 0.411. The molecule has 2 nitrogen and oxygen atoms in total. The molecule has 0 rings (SSSR count). The summed E-state index contributed by atoms with van der Waals surface area (Å²) in [5.74, 6) is 0. The molecule has 0 aromatic carbocycles. The lowest BCUT2D eigenvalue weighted by Gasteiger charge is -1.86. The first kappa shape index (κ1) is 7.37. The van der Waals surface area contributed by atoms with E-state index < -0.39 is 0 Å². The third-order valence-electron chi connectivity index (χ3n) is 0.628. The Hall–Kier alpha value is -0.630. The molecule has 0 saturated carbocycles. The molecule has 0 aliphatic heterocycles. The van der Waals surface area contributed by atoms with E-state index in [4.69, 9.17) is 23.1 Å². The topological polar surface area (TPSA) is 52.0 Å². The molecule has 0 saturated heterocycles. The van der Waals surface area contributed by atoms with Gasteiger partial charge in [-0.25, -0.2) is 0 Å². The molecule has 0 unspecified atom stereocenters. The number of halogens is 1. The van der Waals surface area contributed by atoms with Gasteiger partial charge in [0, 0.05) is 0 Å². The Morgan fingerprint density at radius 3 is 2.25 bits per heavy atom. The summed E-state index contributed by atoms with van der Waals surface area (Å²) in [4.78, 5) is 0. The van der Waals surface area contributed by atoms with Crippen LogP contribution in [0.15, 0.2) is 23.0 Å². The highest BCUT2D eigenvalue weighted by Gasteiger charge is 1.80. The van der Waals surface area contributed by atoms with Gasteiger partial charge in [0.2, 0.25) is 0 Å². The number of rotatable bonds is 1. The lowest BCUT2D eigenvalue weighted by atomic mass is 10.3. The second-order valence-corrected chi connectivity index (χ2v) is 1.88. The third-order valence-corrected chi connectivity index (χ3v) is 0.738. The van der Waals surface area contributed by atoms with E-state index in [9.17, 15) is 0 Å². The Morgan fingerprint density at radius 1 is 1.62 bits per heavy atom. The largest absolute Gasteiger partial charge is 0.404 e. The molecule has 0 aromatic rings. The number of allylic oxidation sites excluding steroid dienone is 2. The number of nitrogens with two attached hydrogens (primary N) is 2. The minimum atomic E-state index is 0.254. The fourth-order valence-corrected chi connectivity index (χ4v) is 0.438. The zero-order chi connectivity index (χ0) is 6.57. The summed E-state index contributed by atoms with van der Waals surface area (Å²) in [6.45, 7) is 1.81. The van der Waals surface area contributed by atoms with Crippen LogP contribution in [0, 0.1) is 0 Å². The van der Waals surface area contributed by atoms with Crippen LogP contribution in [0.25, 0.3) is 0 Å². The zero-order valence-electron chi connectivity index (χ0n) is 4.69. The van der Waals surface area contributed by atoms with E-state index in [1.165, 1.54) is 6.20 Å². The molecule has 0 aromatic heterocycles. The highest BCUT2D eigenvalue weighted by atomic mass is 35.5. The Morgan fingerprint density at radius 2 is 2.12 bits per heavy atom. The van der Waals surface area contributed by atoms with Crippen molar-refractivity contribution in [2.24, 2.45) is 11.5 Å². The van der Waals surface area contributed by atoms with Crippen LogP contribution in [0.3, 0.4) is 0 Å². The van der Waals surface area contributed by atoms with E-state index in [1.807, 2.05) is 6.92 Å². The summed E-state index contributed by atoms with van der Waals surface area (Å²) in [6.07, 6.45) is 3.02. The Labute approximate surface area is 53.8 Å². The molecular formula is C5H9ClN2. The van der Waals surface area contributed by atoms with Crippen LogP contribution in [-0.4, -0.2) is 0 Å². The molecule has 0 aliphatic carbocycles. The first-order valence-electron chi connectivity index (χ1n) is 2.18. The molecule has 0 fully saturated rings. The van der Waals surface area contributed by atoms with Crippen molar-refractivity contribution in [2.45, 2.75) is 6.92 Å². The van der Waals surface area contributed by atoms with E-state index in [1.54, 1.807) is 6.08 Å². The van der Waals surface area contributed by atoms with Crippen LogP contribution in [0.4, 0.5) is 0 Å². The summed E-state index contributed by atoms with van der Waals surface area (Å²) in [5, 5.41) is 0.254. The Bertz CT molecular complexity index is 122. The maximum atomic E-state index is 5.29. The second kappa shape index (κ2) is 3.38. The van der Waals surface area contributed by atoms with Gasteiger partial charge in [-0.2, -0.15) is 0 Å². The van der Waals surface area contributed by atoms with Gasteiger partial charge in [-0.05, 0) is 24.8 Å². The molecule has 8 heavy (non-hydrogen) atoms. The van der Waals surface area contributed by atoms with Crippen molar-refractivity contribution in [1.82, 2.24) is 0 Å². The summed E-state index contributed by atoms with van der Waals surface area (Å²) < 4.78 is 0. The van der Waals surface area contributed by atoms with Gasteiger partial charge in [0.15, 0.2) is 0 Å². The lowest BCUT2D eigenvalue weighted by Crippen LogP contribution is -1.88. The predicted molar refractivity (Wildman–Crippen MR) is 36.1 cm³/mol. The molecule has 46 valence electrons. The van der Waals surface area contributed by atoms with Crippen LogP contribution in [-0.2, 0) is 0 Å². The molecule has 0 bridgehead atoms. The van der Waals surface area contributed by atoms with Crippen molar-refractivity contribution < 1.29 is 0 Å². The third kappa shape index (κ3) is 3.56. The number of hydrogen-bond acceptors (Lipinski definition) is 2. The van der Waals surface area contributed by atoms with Gasteiger partial charge in [-0.1, -0.05) is 11.6 Å². The highest BCUT2D eigenvalue weighted by molar-refractivity contribution is 6.29. The van der Waals surface area contributed by atoms with Crippen LogP contribution >= 0.6 is 11.6 Å². The molecule has 0 amide bonds. The Balaban J connectivity index is 3.89. The van der Waals surface area contributed by atoms with E-state index in [0.717, 1.165) is 5.57 Å². The van der Waals surface area contributed by atoms with Gasteiger partial charge in [0.1, 0.15) is 0 Å². The molecule has 0 atom stereocenters. The minimum Gasteiger partial charge on any atom is -0.404 e. The molecule has 0 heterocycles. The maximum Gasteiger partial charge on any atom is 0.0995 e. The van der Waals surface area contributed by atoms with Crippen molar-refractivity contribution >= 4 is 11.6 Å². The van der Waals surface area contributed by atoms with Crippen molar-refractivity contribution in [1.29, 1.82) is 0 Å². The fourth-order valence-electron chi connectivity index (χ4n) is 0.266. The summed E-state index contributed by atoms with van der Waals surface area (Å²) in [5.41, 5.74) is 11.1. The van der Waals surface area contributed by atoms with Gasteiger partial charge in [0.25, 0.3) is 0 Å². The molecule has 0 spiro atoms. The average molecular weight is 133 g/mol. The lowest BCUT2D eigenvalue weighted by molar-refractivity contribution is 1.40. The molecule has 4 N–H and O–H groups in total. The normalized spacial score (nSPS) is 14.2. The molecular weight excluding hydrogens is 124 g/mol. The standard InChI is InChI=1S/C5H9ClN2/c1-4(3-7)2-5(6)8/h2-3H,7-8H2,1H3/b4-3-,5-2-. The molecule has 0 radical (unpaired) electrons. The highest BCUT2D eigenvalue weighted by Crippen LogP contribution is 1.97. The van der Waals surface area contributed by atoms with Crippen LogP contribution in [0.5, 0.6) is 0 Å². The first-order valence-corrected chi connectivity index (χ1v) is 2.55. The SMILES string of the molecule is CC(=C/N)/C=C(\N)Cl. The first-order chi connectivity index (χ1) is 3.66. The van der Waals surface area contributed by atoms with Gasteiger partial charge >= 0.3 is 0 Å².